The van der Waals surface area contributed by atoms with Gasteiger partial charge >= 0.3 is 6.09 Å². The molecule has 5 nitrogen and oxygen atoms in total. The summed E-state index contributed by atoms with van der Waals surface area (Å²) in [7, 11) is 0. The maximum Gasteiger partial charge on any atom is 0.410 e. The average Bonchev–Trinajstić information content (AvgIpc) is 2.47. The molecular weight excluding hydrogens is 278 g/mol. The minimum Gasteiger partial charge on any atom is -0.444 e. The number of rotatable bonds is 4. The molecule has 5 heteroatoms. The second kappa shape index (κ2) is 7.58. The van der Waals surface area contributed by atoms with Crippen molar-refractivity contribution in [2.45, 2.75) is 45.8 Å². The van der Waals surface area contributed by atoms with Crippen LogP contribution in [0.4, 0.5) is 4.79 Å². The molecule has 1 saturated heterocycles. The van der Waals surface area contributed by atoms with Crippen LogP contribution < -0.4 is 5.32 Å². The third-order valence-corrected chi connectivity index (χ3v) is 3.64. The molecule has 1 atom stereocenters. The van der Waals surface area contributed by atoms with E-state index in [1.54, 1.807) is 0 Å². The van der Waals surface area contributed by atoms with Crippen molar-refractivity contribution in [3.8, 4) is 0 Å². The summed E-state index contributed by atoms with van der Waals surface area (Å²) in [6, 6.07) is 5.93. The van der Waals surface area contributed by atoms with Crippen molar-refractivity contribution in [1.82, 2.24) is 15.2 Å². The van der Waals surface area contributed by atoms with Crippen LogP contribution in [-0.2, 0) is 11.3 Å². The van der Waals surface area contributed by atoms with Gasteiger partial charge in [-0.25, -0.2) is 4.79 Å². The van der Waals surface area contributed by atoms with E-state index in [1.807, 2.05) is 50.1 Å². The molecule has 1 aliphatic rings. The van der Waals surface area contributed by atoms with Crippen LogP contribution in [0.25, 0.3) is 0 Å². The van der Waals surface area contributed by atoms with Crippen LogP contribution in [0.1, 0.15) is 39.3 Å². The van der Waals surface area contributed by atoms with Gasteiger partial charge in [0.05, 0.1) is 5.69 Å². The number of nitrogens with one attached hydrogen (secondary N) is 1. The minimum atomic E-state index is -0.429. The van der Waals surface area contributed by atoms with Crippen molar-refractivity contribution in [3.63, 3.8) is 0 Å². The highest BCUT2D eigenvalue weighted by atomic mass is 16.6. The van der Waals surface area contributed by atoms with Crippen molar-refractivity contribution < 1.29 is 9.53 Å². The molecule has 1 N–H and O–H groups in total. The largest absolute Gasteiger partial charge is 0.444 e. The Balaban J connectivity index is 1.75. The number of hydrogen-bond acceptors (Lipinski definition) is 4. The Morgan fingerprint density at radius 1 is 1.45 bits per heavy atom. The maximum absolute atomic E-state index is 12.1. The number of hydrogen-bond donors (Lipinski definition) is 1. The zero-order valence-corrected chi connectivity index (χ0v) is 13.8. The number of ether oxygens (including phenoxy) is 1. The lowest BCUT2D eigenvalue weighted by Gasteiger charge is -2.34. The third-order valence-electron chi connectivity index (χ3n) is 3.64. The summed E-state index contributed by atoms with van der Waals surface area (Å²) in [6.45, 7) is 8.94. The topological polar surface area (TPSA) is 54.5 Å². The number of nitrogens with zero attached hydrogens (tertiary/aromatic N) is 2. The van der Waals surface area contributed by atoms with E-state index in [4.69, 9.17) is 4.74 Å². The van der Waals surface area contributed by atoms with E-state index in [0.29, 0.717) is 5.92 Å². The Bertz CT molecular complexity index is 471. The SMILES string of the molecule is CC(C)(C)OC(=O)N1CCC[C@@H](CNCc2ccccn2)C1. The van der Waals surface area contributed by atoms with Crippen molar-refractivity contribution in [3.05, 3.63) is 30.1 Å². The highest BCUT2D eigenvalue weighted by molar-refractivity contribution is 5.68. The molecule has 1 aromatic rings. The number of carbonyl (C=O) groups is 1. The lowest BCUT2D eigenvalue weighted by molar-refractivity contribution is 0.0166. The second-order valence-electron chi connectivity index (χ2n) is 6.89. The predicted molar refractivity (Wildman–Crippen MR) is 86.5 cm³/mol. The van der Waals surface area contributed by atoms with Crippen LogP contribution in [0.5, 0.6) is 0 Å². The quantitative estimate of drug-likeness (QED) is 0.929. The van der Waals surface area contributed by atoms with Crippen LogP contribution in [0, 0.1) is 5.92 Å². The number of carbonyl (C=O) groups excluding carboxylic acids is 1. The van der Waals surface area contributed by atoms with Crippen LogP contribution in [0.2, 0.25) is 0 Å². The Morgan fingerprint density at radius 2 is 2.27 bits per heavy atom. The zero-order chi connectivity index (χ0) is 16.0. The summed E-state index contributed by atoms with van der Waals surface area (Å²) >= 11 is 0. The molecule has 2 rings (SSSR count). The smallest absolute Gasteiger partial charge is 0.410 e. The number of pyridine rings is 1. The summed E-state index contributed by atoms with van der Waals surface area (Å²) < 4.78 is 5.46. The van der Waals surface area contributed by atoms with E-state index >= 15 is 0 Å². The Morgan fingerprint density at radius 3 is 2.95 bits per heavy atom. The van der Waals surface area contributed by atoms with Gasteiger partial charge in [-0.05, 0) is 51.7 Å². The number of piperidine rings is 1. The molecule has 0 bridgehead atoms. The summed E-state index contributed by atoms with van der Waals surface area (Å²) in [5.41, 5.74) is 0.614. The van der Waals surface area contributed by atoms with Gasteiger partial charge in [0.25, 0.3) is 0 Å². The molecule has 1 fully saturated rings. The van der Waals surface area contributed by atoms with Gasteiger partial charge in [-0.1, -0.05) is 6.07 Å². The zero-order valence-electron chi connectivity index (χ0n) is 13.8. The fraction of sp³-hybridized carbons (Fsp3) is 0.647. The summed E-state index contributed by atoms with van der Waals surface area (Å²) in [5.74, 6) is 0.477. The van der Waals surface area contributed by atoms with Gasteiger partial charge in [0.2, 0.25) is 0 Å². The van der Waals surface area contributed by atoms with Gasteiger partial charge in [-0.2, -0.15) is 0 Å². The van der Waals surface area contributed by atoms with Crippen molar-refractivity contribution in [1.29, 1.82) is 0 Å². The predicted octanol–water partition coefficient (Wildman–Crippen LogP) is 2.82. The fourth-order valence-corrected chi connectivity index (χ4v) is 2.63. The molecule has 122 valence electrons. The summed E-state index contributed by atoms with van der Waals surface area (Å²) in [5, 5.41) is 3.44. The molecule has 1 aromatic heterocycles. The van der Waals surface area contributed by atoms with E-state index in [2.05, 4.69) is 10.3 Å². The summed E-state index contributed by atoms with van der Waals surface area (Å²) in [4.78, 5) is 18.3. The van der Waals surface area contributed by atoms with Crippen molar-refractivity contribution in [2.24, 2.45) is 5.92 Å². The van der Waals surface area contributed by atoms with Crippen LogP contribution in [0.15, 0.2) is 24.4 Å². The summed E-state index contributed by atoms with van der Waals surface area (Å²) in [6.07, 6.45) is 3.80. The van der Waals surface area contributed by atoms with Gasteiger partial charge in [0.1, 0.15) is 5.60 Å². The number of aromatic nitrogens is 1. The Labute approximate surface area is 133 Å². The second-order valence-corrected chi connectivity index (χ2v) is 6.89. The molecule has 0 aromatic carbocycles. The van der Waals surface area contributed by atoms with Gasteiger partial charge in [0, 0.05) is 32.4 Å². The maximum atomic E-state index is 12.1. The molecule has 2 heterocycles. The molecule has 0 unspecified atom stereocenters. The lowest BCUT2D eigenvalue weighted by atomic mass is 9.98. The number of amides is 1. The normalized spacial score (nSPS) is 19.0. The standard InChI is InChI=1S/C17H27N3O2/c1-17(2,3)22-16(21)20-10-6-7-14(13-20)11-18-12-15-8-4-5-9-19-15/h4-5,8-9,14,18H,6-7,10-13H2,1-3H3/t14-/m0/s1. The lowest BCUT2D eigenvalue weighted by Crippen LogP contribution is -2.45. The Kier molecular flexibility index (Phi) is 5.77. The van der Waals surface area contributed by atoms with Crippen molar-refractivity contribution >= 4 is 6.09 Å². The van der Waals surface area contributed by atoms with E-state index < -0.39 is 5.60 Å². The fourth-order valence-electron chi connectivity index (χ4n) is 2.63. The molecule has 0 spiro atoms. The first kappa shape index (κ1) is 16.7. The first-order valence-corrected chi connectivity index (χ1v) is 8.02. The van der Waals surface area contributed by atoms with Gasteiger partial charge in [-0.15, -0.1) is 0 Å². The molecule has 0 saturated carbocycles. The van der Waals surface area contributed by atoms with Crippen LogP contribution >= 0.6 is 0 Å². The average molecular weight is 305 g/mol. The third kappa shape index (κ3) is 5.64. The van der Waals surface area contributed by atoms with E-state index in [-0.39, 0.29) is 6.09 Å². The molecule has 0 aliphatic carbocycles. The van der Waals surface area contributed by atoms with Crippen LogP contribution in [-0.4, -0.2) is 41.2 Å². The van der Waals surface area contributed by atoms with Gasteiger partial charge < -0.3 is 15.0 Å². The highest BCUT2D eigenvalue weighted by Gasteiger charge is 2.27. The number of likely N-dealkylation sites (tertiary alicyclic amines) is 1. The Hall–Kier alpha value is -1.62. The minimum absolute atomic E-state index is 0.193. The van der Waals surface area contributed by atoms with E-state index in [9.17, 15) is 4.79 Å². The molecule has 1 aliphatic heterocycles. The van der Waals surface area contributed by atoms with Gasteiger partial charge in [0.15, 0.2) is 0 Å². The van der Waals surface area contributed by atoms with E-state index in [1.165, 1.54) is 0 Å². The first-order chi connectivity index (χ1) is 10.4. The van der Waals surface area contributed by atoms with E-state index in [0.717, 1.165) is 44.7 Å². The molecule has 1 amide bonds. The highest BCUT2D eigenvalue weighted by Crippen LogP contribution is 2.18. The van der Waals surface area contributed by atoms with Crippen LogP contribution in [0.3, 0.4) is 0 Å². The first-order valence-electron chi connectivity index (χ1n) is 8.02. The molecule has 0 radical (unpaired) electrons. The molecule has 22 heavy (non-hydrogen) atoms. The molecular formula is C17H27N3O2. The van der Waals surface area contributed by atoms with Gasteiger partial charge in [-0.3, -0.25) is 4.98 Å². The van der Waals surface area contributed by atoms with Crippen molar-refractivity contribution in [2.75, 3.05) is 19.6 Å². The monoisotopic (exact) mass is 305 g/mol.